The number of aliphatic hydroxyl groups is 1. The number of aromatic nitrogens is 1. The minimum Gasteiger partial charge on any atom is -0.502 e. The molecule has 1 aliphatic rings. The van der Waals surface area contributed by atoms with Crippen LogP contribution < -0.4 is 10.6 Å². The average molecular weight is 273 g/mol. The topological polar surface area (TPSA) is 42.4 Å². The zero-order valence-electron chi connectivity index (χ0n) is 12.5. The lowest BCUT2D eigenvalue weighted by molar-refractivity contribution is 0.276. The zero-order valence-corrected chi connectivity index (χ0v) is 12.5. The third kappa shape index (κ3) is 3.48. The van der Waals surface area contributed by atoms with E-state index in [2.05, 4.69) is 30.1 Å². The van der Waals surface area contributed by atoms with Gasteiger partial charge < -0.3 is 9.84 Å². The number of fused-ring (bicyclic) bond motifs is 1. The first-order valence-electron chi connectivity index (χ1n) is 7.16. The fourth-order valence-corrected chi connectivity index (χ4v) is 2.65. The van der Waals surface area contributed by atoms with Gasteiger partial charge in [0.2, 0.25) is 0 Å². The Balaban J connectivity index is 2.37. The van der Waals surface area contributed by atoms with Gasteiger partial charge in [-0.2, -0.15) is 0 Å². The van der Waals surface area contributed by atoms with E-state index in [4.69, 9.17) is 4.74 Å². The summed E-state index contributed by atoms with van der Waals surface area (Å²) in [5, 5.41) is 11.6. The summed E-state index contributed by atoms with van der Waals surface area (Å²) >= 11 is 0. The van der Waals surface area contributed by atoms with Crippen LogP contribution in [0.1, 0.15) is 37.9 Å². The summed E-state index contributed by atoms with van der Waals surface area (Å²) < 4.78 is 5.21. The van der Waals surface area contributed by atoms with Crippen LogP contribution in [-0.4, -0.2) is 17.2 Å². The number of ether oxygens (including phenoxy) is 1. The molecule has 1 aliphatic carbocycles. The summed E-state index contributed by atoms with van der Waals surface area (Å²) in [5.41, 5.74) is 2.02. The number of hydrogen-bond donors (Lipinski definition) is 1. The van der Waals surface area contributed by atoms with Crippen LogP contribution in [0.5, 0.6) is 0 Å². The van der Waals surface area contributed by atoms with E-state index in [0.717, 1.165) is 36.1 Å². The molecule has 0 radical (unpaired) electrons. The third-order valence-electron chi connectivity index (χ3n) is 3.62. The summed E-state index contributed by atoms with van der Waals surface area (Å²) in [6.45, 7) is 4.15. The van der Waals surface area contributed by atoms with Crippen LogP contribution in [0.25, 0.3) is 12.2 Å². The molecule has 1 aromatic heterocycles. The lowest BCUT2D eigenvalue weighted by atomic mass is 9.96. The quantitative estimate of drug-likeness (QED) is 0.830. The van der Waals surface area contributed by atoms with Crippen LogP contribution in [0.3, 0.4) is 0 Å². The molecule has 1 atom stereocenters. The van der Waals surface area contributed by atoms with Crippen LogP contribution >= 0.6 is 0 Å². The minimum atomic E-state index is -0.00452. The molecular weight excluding hydrogens is 250 g/mol. The van der Waals surface area contributed by atoms with Crippen molar-refractivity contribution >= 4 is 12.2 Å². The Morgan fingerprint density at radius 1 is 1.45 bits per heavy atom. The zero-order chi connectivity index (χ0) is 14.5. The van der Waals surface area contributed by atoms with Crippen LogP contribution in [0.4, 0.5) is 0 Å². The van der Waals surface area contributed by atoms with Crippen molar-refractivity contribution in [1.82, 2.24) is 4.98 Å². The van der Waals surface area contributed by atoms with Crippen molar-refractivity contribution in [2.75, 3.05) is 7.11 Å². The van der Waals surface area contributed by atoms with E-state index in [0.29, 0.717) is 5.92 Å². The predicted molar refractivity (Wildman–Crippen MR) is 81.2 cm³/mol. The van der Waals surface area contributed by atoms with Gasteiger partial charge in [-0.15, -0.1) is 0 Å². The molecular formula is C17H23NO2. The van der Waals surface area contributed by atoms with Gasteiger partial charge in [0, 0.05) is 0 Å². The van der Waals surface area contributed by atoms with Crippen LogP contribution in [0.15, 0.2) is 17.9 Å². The molecule has 1 heterocycles. The molecule has 0 saturated heterocycles. The molecule has 108 valence electrons. The van der Waals surface area contributed by atoms with Crippen molar-refractivity contribution in [1.29, 1.82) is 0 Å². The number of pyridine rings is 1. The normalized spacial score (nSPS) is 15.9. The van der Waals surface area contributed by atoms with Gasteiger partial charge in [-0.3, -0.25) is 4.98 Å². The highest BCUT2D eigenvalue weighted by atomic mass is 16.5. The van der Waals surface area contributed by atoms with E-state index in [1.165, 1.54) is 10.8 Å². The second-order valence-electron chi connectivity index (χ2n) is 5.38. The smallest absolute Gasteiger partial charge is 0.0887 e. The maximum atomic E-state index is 9.36. The first-order chi connectivity index (χ1) is 9.63. The lowest BCUT2D eigenvalue weighted by Crippen LogP contribution is -2.35. The van der Waals surface area contributed by atoms with Crippen LogP contribution in [-0.2, 0) is 17.8 Å². The molecule has 0 fully saturated rings. The lowest BCUT2D eigenvalue weighted by Gasteiger charge is -2.12. The van der Waals surface area contributed by atoms with Crippen LogP contribution in [0, 0.1) is 5.92 Å². The minimum absolute atomic E-state index is 0.00452. The fraction of sp³-hybridized carbons (Fsp3) is 0.471. The molecule has 3 heteroatoms. The molecule has 3 nitrogen and oxygen atoms in total. The van der Waals surface area contributed by atoms with E-state index in [9.17, 15) is 5.11 Å². The predicted octanol–water partition coefficient (Wildman–Crippen LogP) is 1.66. The van der Waals surface area contributed by atoms with Gasteiger partial charge in [-0.05, 0) is 55.0 Å². The molecule has 0 amide bonds. The number of hydrogen-bond acceptors (Lipinski definition) is 3. The van der Waals surface area contributed by atoms with Gasteiger partial charge in [0.05, 0.1) is 30.5 Å². The van der Waals surface area contributed by atoms with Gasteiger partial charge in [-0.25, -0.2) is 0 Å². The van der Waals surface area contributed by atoms with Gasteiger partial charge in [0.25, 0.3) is 0 Å². The van der Waals surface area contributed by atoms with Crippen molar-refractivity contribution in [2.45, 2.75) is 39.7 Å². The fourth-order valence-electron chi connectivity index (χ4n) is 2.65. The number of methoxy groups -OCH3 is 1. The summed E-state index contributed by atoms with van der Waals surface area (Å²) in [6, 6.07) is 2.03. The monoisotopic (exact) mass is 273 g/mol. The summed E-state index contributed by atoms with van der Waals surface area (Å²) in [7, 11) is 1.69. The molecule has 1 unspecified atom stereocenters. The highest BCUT2D eigenvalue weighted by molar-refractivity contribution is 5.40. The number of nitrogens with zero attached hydrogens (tertiary/aromatic N) is 1. The standard InChI is InChI=1S/C17H23NO2/c1-12(8-13(2)20-3)9-14-10-15(11-19)18-17-7-5-4-6-16(14)17/h6-8,10,12,19H,4-5,9,11H2,1-3H3. The second kappa shape index (κ2) is 6.71. The molecule has 0 aliphatic heterocycles. The van der Waals surface area contributed by atoms with Crippen molar-refractivity contribution in [3.63, 3.8) is 0 Å². The number of aliphatic hydroxyl groups excluding tert-OH is 1. The molecule has 1 N–H and O–H groups in total. The Hall–Kier alpha value is -1.61. The Morgan fingerprint density at radius 2 is 2.20 bits per heavy atom. The van der Waals surface area contributed by atoms with Gasteiger partial charge in [0.1, 0.15) is 0 Å². The Kier molecular flexibility index (Phi) is 4.96. The highest BCUT2D eigenvalue weighted by Gasteiger charge is 2.08. The Labute approximate surface area is 120 Å². The van der Waals surface area contributed by atoms with E-state index in [1.54, 1.807) is 7.11 Å². The summed E-state index contributed by atoms with van der Waals surface area (Å²) in [4.78, 5) is 4.50. The van der Waals surface area contributed by atoms with Crippen molar-refractivity contribution in [3.8, 4) is 0 Å². The molecule has 2 rings (SSSR count). The SMILES string of the molecule is COC(C)=CC(C)Cc1cc(CO)nc2c1=CCCC=2. The van der Waals surface area contributed by atoms with Gasteiger partial charge in [-0.1, -0.05) is 19.1 Å². The van der Waals surface area contributed by atoms with Crippen molar-refractivity contribution in [2.24, 2.45) is 5.92 Å². The number of rotatable bonds is 5. The van der Waals surface area contributed by atoms with Crippen LogP contribution in [0.2, 0.25) is 0 Å². The maximum Gasteiger partial charge on any atom is 0.0887 e. The Bertz CT molecular complexity index is 617. The molecule has 0 bridgehead atoms. The van der Waals surface area contributed by atoms with Crippen molar-refractivity contribution in [3.05, 3.63) is 39.7 Å². The van der Waals surface area contributed by atoms with E-state index in [1.807, 2.05) is 13.0 Å². The van der Waals surface area contributed by atoms with E-state index < -0.39 is 0 Å². The highest BCUT2D eigenvalue weighted by Crippen LogP contribution is 2.10. The van der Waals surface area contributed by atoms with Crippen molar-refractivity contribution < 1.29 is 9.84 Å². The average Bonchev–Trinajstić information content (AvgIpc) is 2.46. The first kappa shape index (κ1) is 14.8. The van der Waals surface area contributed by atoms with Gasteiger partial charge in [0.15, 0.2) is 0 Å². The third-order valence-corrected chi connectivity index (χ3v) is 3.62. The van der Waals surface area contributed by atoms with E-state index >= 15 is 0 Å². The molecule has 1 aromatic rings. The largest absolute Gasteiger partial charge is 0.502 e. The Morgan fingerprint density at radius 3 is 2.90 bits per heavy atom. The number of allylic oxidation sites excluding steroid dienone is 2. The maximum absolute atomic E-state index is 9.36. The first-order valence-corrected chi connectivity index (χ1v) is 7.16. The van der Waals surface area contributed by atoms with Gasteiger partial charge >= 0.3 is 0 Å². The second-order valence-corrected chi connectivity index (χ2v) is 5.38. The molecule has 20 heavy (non-hydrogen) atoms. The summed E-state index contributed by atoms with van der Waals surface area (Å²) in [6.07, 6.45) is 9.60. The summed E-state index contributed by atoms with van der Waals surface area (Å²) in [5.74, 6) is 1.33. The molecule has 0 spiro atoms. The molecule has 0 saturated carbocycles. The molecule has 0 aromatic carbocycles. The van der Waals surface area contributed by atoms with E-state index in [-0.39, 0.29) is 6.61 Å².